The summed E-state index contributed by atoms with van der Waals surface area (Å²) in [7, 11) is 0. The molecule has 2 heterocycles. The van der Waals surface area contributed by atoms with Crippen molar-refractivity contribution in [1.29, 1.82) is 0 Å². The Morgan fingerprint density at radius 3 is 2.55 bits per heavy atom. The zero-order valence-corrected chi connectivity index (χ0v) is 17.2. The minimum Gasteiger partial charge on any atom is -0.462 e. The number of halogens is 1. The van der Waals surface area contributed by atoms with Crippen LogP contribution in [0.5, 0.6) is 5.75 Å². The molecule has 8 heteroatoms. The third-order valence-corrected chi connectivity index (χ3v) is 5.46. The van der Waals surface area contributed by atoms with E-state index in [9.17, 15) is 15.0 Å². The van der Waals surface area contributed by atoms with Crippen LogP contribution >= 0.6 is 15.9 Å². The molecule has 2 aromatic carbocycles. The lowest BCUT2D eigenvalue weighted by atomic mass is 9.98. The maximum atomic E-state index is 11.4. The predicted octanol–water partition coefficient (Wildman–Crippen LogP) is 2.59. The molecule has 2 N–H and O–H groups in total. The summed E-state index contributed by atoms with van der Waals surface area (Å²) in [6.07, 6.45) is -5.65. The van der Waals surface area contributed by atoms with Crippen molar-refractivity contribution in [2.24, 2.45) is 0 Å². The van der Waals surface area contributed by atoms with Crippen LogP contribution in [0.4, 0.5) is 0 Å². The van der Waals surface area contributed by atoms with Gasteiger partial charge in [0, 0.05) is 15.6 Å². The lowest BCUT2D eigenvalue weighted by Gasteiger charge is -2.46. The van der Waals surface area contributed by atoms with Gasteiger partial charge in [-0.25, -0.2) is 0 Å². The van der Waals surface area contributed by atoms with E-state index in [0.717, 1.165) is 10.0 Å². The molecule has 2 fully saturated rings. The second kappa shape index (κ2) is 8.51. The lowest BCUT2D eigenvalue weighted by molar-refractivity contribution is -0.350. The Morgan fingerprint density at radius 2 is 1.86 bits per heavy atom. The van der Waals surface area contributed by atoms with Gasteiger partial charge in [0.05, 0.1) is 6.61 Å². The maximum Gasteiger partial charge on any atom is 0.229 e. The molecular formula is C21H21BrO7. The molecular weight excluding hydrogens is 444 g/mol. The van der Waals surface area contributed by atoms with Crippen LogP contribution in [0.2, 0.25) is 0 Å². The van der Waals surface area contributed by atoms with Crippen molar-refractivity contribution in [2.45, 2.75) is 43.9 Å². The maximum absolute atomic E-state index is 11.4. The highest BCUT2D eigenvalue weighted by Crippen LogP contribution is 2.35. The highest BCUT2D eigenvalue weighted by atomic mass is 79.9. The van der Waals surface area contributed by atoms with E-state index in [1.54, 1.807) is 24.3 Å². The van der Waals surface area contributed by atoms with Crippen LogP contribution in [0.15, 0.2) is 53.0 Å². The van der Waals surface area contributed by atoms with E-state index < -0.39 is 37.0 Å². The van der Waals surface area contributed by atoms with Crippen LogP contribution in [0.25, 0.3) is 0 Å². The van der Waals surface area contributed by atoms with E-state index in [0.29, 0.717) is 11.3 Å². The Balaban J connectivity index is 1.44. The largest absolute Gasteiger partial charge is 0.462 e. The number of ether oxygens (including phenoxy) is 4. The molecule has 0 aliphatic carbocycles. The number of aliphatic hydroxyl groups is 2. The highest BCUT2D eigenvalue weighted by Gasteiger charge is 2.49. The SMILES string of the molecule is CC(=O)c1ccc(O[C@@H]2O[C@@H]3CO[C@H](c4cccc(Br)c4)O[C@@H]3[C@H](O)[C@@H]2O)cc1. The van der Waals surface area contributed by atoms with Crippen LogP contribution in [0, 0.1) is 0 Å². The zero-order chi connectivity index (χ0) is 20.5. The molecule has 7 nitrogen and oxygen atoms in total. The predicted molar refractivity (Wildman–Crippen MR) is 105 cm³/mol. The Morgan fingerprint density at radius 1 is 1.10 bits per heavy atom. The van der Waals surface area contributed by atoms with Crippen molar-refractivity contribution < 1.29 is 34.0 Å². The third kappa shape index (κ3) is 4.37. The number of rotatable bonds is 4. The van der Waals surface area contributed by atoms with E-state index in [2.05, 4.69) is 15.9 Å². The molecule has 154 valence electrons. The number of hydrogen-bond acceptors (Lipinski definition) is 7. The monoisotopic (exact) mass is 464 g/mol. The standard InChI is InChI=1S/C21H21BrO7/c1-11(23)12-5-7-15(8-6-12)27-21-18(25)17(24)19-16(28-21)10-26-20(29-19)13-3-2-4-14(22)9-13/h2-9,16-21,24-25H,10H2,1H3/t16-,17-,18+,19+,20+,21-/m1/s1. The van der Waals surface area contributed by atoms with Crippen LogP contribution < -0.4 is 4.74 Å². The van der Waals surface area contributed by atoms with Gasteiger partial charge in [0.15, 0.2) is 12.1 Å². The minimum absolute atomic E-state index is 0.0553. The average Bonchev–Trinajstić information content (AvgIpc) is 2.72. The summed E-state index contributed by atoms with van der Waals surface area (Å²) in [5.41, 5.74) is 1.35. The number of ketones is 1. The summed E-state index contributed by atoms with van der Waals surface area (Å²) < 4.78 is 24.0. The number of hydrogen-bond donors (Lipinski definition) is 2. The fraction of sp³-hybridized carbons (Fsp3) is 0.381. The molecule has 2 aliphatic rings. The van der Waals surface area contributed by atoms with Crippen LogP contribution in [0.1, 0.15) is 29.1 Å². The Bertz CT molecular complexity index is 870. The summed E-state index contributed by atoms with van der Waals surface area (Å²) in [6, 6.07) is 14.0. The van der Waals surface area contributed by atoms with Crippen molar-refractivity contribution in [2.75, 3.05) is 6.61 Å². The van der Waals surface area contributed by atoms with E-state index in [1.807, 2.05) is 24.3 Å². The van der Waals surface area contributed by atoms with Gasteiger partial charge in [-0.2, -0.15) is 0 Å². The van der Waals surface area contributed by atoms with Gasteiger partial charge in [0.1, 0.15) is 30.2 Å². The van der Waals surface area contributed by atoms with Gasteiger partial charge < -0.3 is 29.2 Å². The molecule has 2 aliphatic heterocycles. The number of carbonyl (C=O) groups is 1. The number of Topliss-reactive ketones (excluding diaryl/α,β-unsaturated/α-hetero) is 1. The molecule has 0 spiro atoms. The normalized spacial score (nSPS) is 31.7. The first-order valence-corrected chi connectivity index (χ1v) is 10.0. The van der Waals surface area contributed by atoms with E-state index in [1.165, 1.54) is 6.92 Å². The summed E-state index contributed by atoms with van der Waals surface area (Å²) in [6.45, 7) is 1.65. The second-order valence-corrected chi connectivity index (χ2v) is 7.96. The molecule has 2 aromatic rings. The molecule has 0 saturated carbocycles. The Labute approximate surface area is 176 Å². The lowest BCUT2D eigenvalue weighted by Crippen LogP contribution is -2.62. The average molecular weight is 465 g/mol. The molecule has 0 aromatic heterocycles. The summed E-state index contributed by atoms with van der Waals surface area (Å²) in [4.78, 5) is 11.4. The topological polar surface area (TPSA) is 94.5 Å². The third-order valence-electron chi connectivity index (χ3n) is 4.97. The summed E-state index contributed by atoms with van der Waals surface area (Å²) >= 11 is 3.41. The fourth-order valence-corrected chi connectivity index (χ4v) is 3.82. The number of aliphatic hydroxyl groups excluding tert-OH is 2. The first-order chi connectivity index (χ1) is 13.9. The molecule has 4 rings (SSSR count). The first-order valence-electron chi connectivity index (χ1n) is 9.24. The minimum atomic E-state index is -1.31. The molecule has 0 bridgehead atoms. The Hall–Kier alpha value is -1.81. The van der Waals surface area contributed by atoms with Crippen LogP contribution in [-0.4, -0.2) is 53.3 Å². The van der Waals surface area contributed by atoms with Crippen molar-refractivity contribution in [1.82, 2.24) is 0 Å². The van der Waals surface area contributed by atoms with Gasteiger partial charge in [-0.1, -0.05) is 28.1 Å². The van der Waals surface area contributed by atoms with Gasteiger partial charge in [-0.05, 0) is 43.3 Å². The van der Waals surface area contributed by atoms with Gasteiger partial charge in [-0.15, -0.1) is 0 Å². The molecule has 6 atom stereocenters. The van der Waals surface area contributed by atoms with Crippen LogP contribution in [0.3, 0.4) is 0 Å². The van der Waals surface area contributed by atoms with E-state index >= 15 is 0 Å². The van der Waals surface area contributed by atoms with Crippen LogP contribution in [-0.2, 0) is 14.2 Å². The van der Waals surface area contributed by atoms with E-state index in [-0.39, 0.29) is 12.4 Å². The second-order valence-electron chi connectivity index (χ2n) is 7.04. The first kappa shape index (κ1) is 20.5. The van der Waals surface area contributed by atoms with Crippen molar-refractivity contribution in [3.8, 4) is 5.75 Å². The van der Waals surface area contributed by atoms with Gasteiger partial charge in [-0.3, -0.25) is 4.79 Å². The smallest absolute Gasteiger partial charge is 0.229 e. The Kier molecular flexibility index (Phi) is 6.00. The van der Waals surface area contributed by atoms with Gasteiger partial charge >= 0.3 is 0 Å². The molecule has 0 radical (unpaired) electrons. The zero-order valence-electron chi connectivity index (χ0n) is 15.6. The number of carbonyl (C=O) groups excluding carboxylic acids is 1. The number of benzene rings is 2. The molecule has 29 heavy (non-hydrogen) atoms. The summed E-state index contributed by atoms with van der Waals surface area (Å²) in [5.74, 6) is 0.356. The van der Waals surface area contributed by atoms with Gasteiger partial charge in [0.25, 0.3) is 0 Å². The molecule has 0 amide bonds. The highest BCUT2D eigenvalue weighted by molar-refractivity contribution is 9.10. The molecule has 2 saturated heterocycles. The molecule has 0 unspecified atom stereocenters. The quantitative estimate of drug-likeness (QED) is 0.671. The summed E-state index contributed by atoms with van der Waals surface area (Å²) in [5, 5.41) is 21.1. The van der Waals surface area contributed by atoms with Crippen molar-refractivity contribution in [3.63, 3.8) is 0 Å². The van der Waals surface area contributed by atoms with Gasteiger partial charge in [0.2, 0.25) is 6.29 Å². The fourth-order valence-electron chi connectivity index (χ4n) is 3.40. The number of fused-ring (bicyclic) bond motifs is 1. The van der Waals surface area contributed by atoms with E-state index in [4.69, 9.17) is 18.9 Å². The van der Waals surface area contributed by atoms with Crippen molar-refractivity contribution in [3.05, 3.63) is 64.1 Å². The van der Waals surface area contributed by atoms with Crippen molar-refractivity contribution >= 4 is 21.7 Å².